The van der Waals surface area contributed by atoms with Gasteiger partial charge in [-0.2, -0.15) is 0 Å². The predicted octanol–water partition coefficient (Wildman–Crippen LogP) is 16.7. The summed E-state index contributed by atoms with van der Waals surface area (Å²) >= 11 is 5.47. The number of thiazole rings is 1. The van der Waals surface area contributed by atoms with Crippen LogP contribution < -0.4 is 4.90 Å². The minimum Gasteiger partial charge on any atom is -0.310 e. The largest absolute Gasteiger partial charge is 0.310 e. The van der Waals surface area contributed by atoms with E-state index in [9.17, 15) is 0 Å². The predicted molar refractivity (Wildman–Crippen MR) is 254 cm³/mol. The van der Waals surface area contributed by atoms with Gasteiger partial charge in [-0.1, -0.05) is 127 Å². The van der Waals surface area contributed by atoms with Crippen LogP contribution in [0.1, 0.15) is 0 Å². The Morgan fingerprint density at radius 1 is 0.345 bits per heavy atom. The Bertz CT molecular complexity index is 3500. The van der Waals surface area contributed by atoms with Crippen molar-refractivity contribution < 1.29 is 0 Å². The van der Waals surface area contributed by atoms with Crippen LogP contribution in [-0.4, -0.2) is 4.98 Å². The van der Waals surface area contributed by atoms with Crippen LogP contribution in [0.15, 0.2) is 194 Å². The number of rotatable bonds is 6. The van der Waals surface area contributed by atoms with Crippen LogP contribution >= 0.6 is 34.0 Å². The quantitative estimate of drug-likeness (QED) is 0.167. The summed E-state index contributed by atoms with van der Waals surface area (Å²) in [4.78, 5) is 7.60. The molecule has 0 atom stereocenters. The van der Waals surface area contributed by atoms with Crippen molar-refractivity contribution in [1.29, 1.82) is 0 Å². The summed E-state index contributed by atoms with van der Waals surface area (Å²) in [5.41, 5.74) is 10.5. The summed E-state index contributed by atoms with van der Waals surface area (Å²) in [7, 11) is 0. The third-order valence-electron chi connectivity index (χ3n) is 11.3. The van der Waals surface area contributed by atoms with E-state index in [1.165, 1.54) is 78.1 Å². The highest BCUT2D eigenvalue weighted by Gasteiger charge is 2.18. The number of hydrogen-bond acceptors (Lipinski definition) is 5. The second-order valence-electron chi connectivity index (χ2n) is 14.7. The van der Waals surface area contributed by atoms with Gasteiger partial charge in [-0.25, -0.2) is 4.98 Å². The van der Waals surface area contributed by atoms with Gasteiger partial charge in [-0.05, 0) is 99.8 Å². The van der Waals surface area contributed by atoms with E-state index in [1.807, 2.05) is 22.7 Å². The van der Waals surface area contributed by atoms with Gasteiger partial charge in [-0.3, -0.25) is 0 Å². The summed E-state index contributed by atoms with van der Waals surface area (Å²) in [5.74, 6) is 0. The highest BCUT2D eigenvalue weighted by atomic mass is 32.1. The van der Waals surface area contributed by atoms with Gasteiger partial charge in [0, 0.05) is 63.0 Å². The molecule has 0 bridgehead atoms. The third kappa shape index (κ3) is 5.54. The molecular weight excluding hydrogens is 761 g/mol. The fraction of sp³-hybridized carbons (Fsp3) is 0. The van der Waals surface area contributed by atoms with Crippen LogP contribution in [-0.2, 0) is 0 Å². The number of anilines is 3. The van der Waals surface area contributed by atoms with Crippen LogP contribution in [0.4, 0.5) is 17.1 Å². The van der Waals surface area contributed by atoms with Gasteiger partial charge < -0.3 is 4.90 Å². The molecule has 0 aliphatic carbocycles. The third-order valence-corrected chi connectivity index (χ3v) is 14.7. The zero-order valence-corrected chi connectivity index (χ0v) is 33.5. The maximum absolute atomic E-state index is 5.21. The molecule has 5 heteroatoms. The standard InChI is InChI=1S/C53H32N2S3/c1-2-10-36(11-3-1)53-54-52-49(58-53)30-29-48-51(52)45-31-37(21-28-47(45)56-48)33-17-22-38(23-18-33)55(40-26-27-44-43-14-6-7-16-46(43)57-50(44)32-40)39-24-19-35(20-25-39)42-15-8-12-34-9-4-5-13-41(34)42/h1-32H. The highest BCUT2D eigenvalue weighted by Crippen LogP contribution is 2.44. The van der Waals surface area contributed by atoms with E-state index >= 15 is 0 Å². The molecule has 0 unspecified atom stereocenters. The van der Waals surface area contributed by atoms with Gasteiger partial charge in [0.2, 0.25) is 0 Å². The Morgan fingerprint density at radius 3 is 1.81 bits per heavy atom. The topological polar surface area (TPSA) is 16.1 Å². The monoisotopic (exact) mass is 792 g/mol. The van der Waals surface area contributed by atoms with Crippen LogP contribution in [0.25, 0.3) is 94.2 Å². The normalized spacial score (nSPS) is 11.8. The summed E-state index contributed by atoms with van der Waals surface area (Å²) in [6.07, 6.45) is 0. The van der Waals surface area contributed by atoms with Gasteiger partial charge in [0.25, 0.3) is 0 Å². The minimum absolute atomic E-state index is 1.06. The zero-order chi connectivity index (χ0) is 38.2. The van der Waals surface area contributed by atoms with Gasteiger partial charge >= 0.3 is 0 Å². The average Bonchev–Trinajstić information content (AvgIpc) is 4.00. The van der Waals surface area contributed by atoms with E-state index in [4.69, 9.17) is 4.98 Å². The molecule has 9 aromatic carbocycles. The molecule has 0 radical (unpaired) electrons. The Morgan fingerprint density at radius 2 is 0.966 bits per heavy atom. The minimum atomic E-state index is 1.06. The first-order valence-electron chi connectivity index (χ1n) is 19.4. The first-order chi connectivity index (χ1) is 28.7. The lowest BCUT2D eigenvalue weighted by atomic mass is 9.98. The summed E-state index contributed by atoms with van der Waals surface area (Å²) in [6.45, 7) is 0. The van der Waals surface area contributed by atoms with Crippen molar-refractivity contribution in [3.05, 3.63) is 194 Å². The SMILES string of the molecule is c1ccc(-c2nc3c(ccc4sc5ccc(-c6ccc(N(c7ccc(-c8cccc9ccccc89)cc7)c7ccc8c(c7)sc7ccccc78)cc6)cc5c43)s2)cc1. The van der Waals surface area contributed by atoms with E-state index in [1.54, 1.807) is 11.3 Å². The van der Waals surface area contributed by atoms with Crippen LogP contribution in [0, 0.1) is 0 Å². The number of aromatic nitrogens is 1. The lowest BCUT2D eigenvalue weighted by Gasteiger charge is -2.26. The number of thiophene rings is 2. The zero-order valence-electron chi connectivity index (χ0n) is 31.1. The van der Waals surface area contributed by atoms with Crippen molar-refractivity contribution >= 4 is 112 Å². The number of benzene rings is 9. The maximum Gasteiger partial charge on any atom is 0.124 e. The summed E-state index contributed by atoms with van der Waals surface area (Å²) in [5, 5.41) is 8.71. The van der Waals surface area contributed by atoms with E-state index in [-0.39, 0.29) is 0 Å². The molecule has 12 rings (SSSR count). The number of hydrogen-bond donors (Lipinski definition) is 0. The fourth-order valence-corrected chi connectivity index (χ4v) is 11.7. The highest BCUT2D eigenvalue weighted by molar-refractivity contribution is 7.26. The van der Waals surface area contributed by atoms with E-state index < -0.39 is 0 Å². The maximum atomic E-state index is 5.21. The smallest absolute Gasteiger partial charge is 0.124 e. The fourth-order valence-electron chi connectivity index (χ4n) is 8.51. The van der Waals surface area contributed by atoms with Gasteiger partial charge in [0.15, 0.2) is 0 Å². The van der Waals surface area contributed by atoms with Crippen LogP contribution in [0.3, 0.4) is 0 Å². The van der Waals surface area contributed by atoms with Crippen LogP contribution in [0.2, 0.25) is 0 Å². The Kier molecular flexibility index (Phi) is 7.80. The summed E-state index contributed by atoms with van der Waals surface area (Å²) < 4.78 is 6.38. The molecule has 0 amide bonds. The Balaban J connectivity index is 0.952. The molecular formula is C53H32N2S3. The molecule has 0 saturated carbocycles. The number of fused-ring (bicyclic) bond motifs is 9. The molecule has 0 aliphatic rings. The van der Waals surface area contributed by atoms with E-state index in [0.717, 1.165) is 33.1 Å². The lowest BCUT2D eigenvalue weighted by molar-refractivity contribution is 1.29. The van der Waals surface area contributed by atoms with Crippen molar-refractivity contribution in [2.75, 3.05) is 4.90 Å². The molecule has 0 spiro atoms. The molecule has 12 aromatic rings. The molecule has 272 valence electrons. The molecule has 2 nitrogen and oxygen atoms in total. The Labute approximate surface area is 347 Å². The van der Waals surface area contributed by atoms with Crippen molar-refractivity contribution in [2.45, 2.75) is 0 Å². The molecule has 3 aromatic heterocycles. The second-order valence-corrected chi connectivity index (χ2v) is 17.9. The molecule has 3 heterocycles. The molecule has 0 N–H and O–H groups in total. The molecule has 58 heavy (non-hydrogen) atoms. The number of nitrogens with zero attached hydrogens (tertiary/aromatic N) is 2. The van der Waals surface area contributed by atoms with Crippen molar-refractivity contribution in [1.82, 2.24) is 4.98 Å². The molecule has 0 saturated heterocycles. The van der Waals surface area contributed by atoms with Crippen molar-refractivity contribution in [3.8, 4) is 32.8 Å². The molecule has 0 aliphatic heterocycles. The van der Waals surface area contributed by atoms with Crippen molar-refractivity contribution in [3.63, 3.8) is 0 Å². The lowest BCUT2D eigenvalue weighted by Crippen LogP contribution is -2.09. The van der Waals surface area contributed by atoms with Gasteiger partial charge in [0.05, 0.1) is 10.2 Å². The summed E-state index contributed by atoms with van der Waals surface area (Å²) in [6, 6.07) is 70.9. The van der Waals surface area contributed by atoms with E-state index in [2.05, 4.69) is 199 Å². The van der Waals surface area contributed by atoms with E-state index in [0.29, 0.717) is 0 Å². The average molecular weight is 793 g/mol. The second kappa shape index (κ2) is 13.5. The molecule has 0 fully saturated rings. The van der Waals surface area contributed by atoms with Gasteiger partial charge in [-0.15, -0.1) is 34.0 Å². The van der Waals surface area contributed by atoms with Gasteiger partial charge in [0.1, 0.15) is 5.01 Å². The van der Waals surface area contributed by atoms with Crippen molar-refractivity contribution in [2.24, 2.45) is 0 Å². The Hall–Kier alpha value is -6.63. The van der Waals surface area contributed by atoms with Crippen LogP contribution in [0.5, 0.6) is 0 Å². The first kappa shape index (κ1) is 33.5. The first-order valence-corrected chi connectivity index (χ1v) is 21.9.